The third-order valence-corrected chi connectivity index (χ3v) is 4.48. The van der Waals surface area contributed by atoms with Crippen LogP contribution in [0.2, 0.25) is 0 Å². The van der Waals surface area contributed by atoms with Crippen molar-refractivity contribution in [2.75, 3.05) is 6.54 Å². The molecule has 1 aliphatic carbocycles. The molecule has 2 unspecified atom stereocenters. The average molecular weight is 213 g/mol. The van der Waals surface area contributed by atoms with E-state index >= 15 is 0 Å². The van der Waals surface area contributed by atoms with E-state index in [1.165, 1.54) is 6.42 Å². The fourth-order valence-corrected chi connectivity index (χ4v) is 2.67. The van der Waals surface area contributed by atoms with Gasteiger partial charge < -0.3 is 10.8 Å². The third kappa shape index (κ3) is 2.54. The van der Waals surface area contributed by atoms with E-state index in [0.717, 1.165) is 19.3 Å². The number of aliphatic hydroxyl groups is 1. The molecule has 1 rings (SSSR count). The van der Waals surface area contributed by atoms with Crippen LogP contribution in [0.4, 0.5) is 0 Å². The molecule has 1 aliphatic rings. The topological polar surface area (TPSA) is 46.2 Å². The largest absolute Gasteiger partial charge is 0.389 e. The molecular weight excluding hydrogens is 186 g/mol. The Labute approximate surface area is 94.2 Å². The Balaban J connectivity index is 2.76. The summed E-state index contributed by atoms with van der Waals surface area (Å²) in [5, 5.41) is 10.7. The first-order valence-electron chi connectivity index (χ1n) is 6.25. The van der Waals surface area contributed by atoms with Crippen molar-refractivity contribution in [2.24, 2.45) is 23.0 Å². The number of nitrogens with two attached hydrogens (primary N) is 1. The lowest BCUT2D eigenvalue weighted by molar-refractivity contribution is -0.107. The first-order valence-corrected chi connectivity index (χ1v) is 6.25. The highest BCUT2D eigenvalue weighted by Crippen LogP contribution is 2.45. The maximum Gasteiger partial charge on any atom is 0.0713 e. The zero-order chi connectivity index (χ0) is 11.7. The molecule has 90 valence electrons. The lowest BCUT2D eigenvalue weighted by Gasteiger charge is -2.48. The number of hydrogen-bond donors (Lipinski definition) is 2. The maximum atomic E-state index is 10.7. The van der Waals surface area contributed by atoms with Crippen LogP contribution in [0.5, 0.6) is 0 Å². The molecule has 0 aromatic carbocycles. The van der Waals surface area contributed by atoms with Crippen LogP contribution < -0.4 is 5.73 Å². The zero-order valence-corrected chi connectivity index (χ0v) is 10.7. The van der Waals surface area contributed by atoms with Gasteiger partial charge in [0.05, 0.1) is 5.60 Å². The van der Waals surface area contributed by atoms with Crippen molar-refractivity contribution in [3.63, 3.8) is 0 Å². The fourth-order valence-electron chi connectivity index (χ4n) is 2.67. The number of hydrogen-bond acceptors (Lipinski definition) is 2. The van der Waals surface area contributed by atoms with Gasteiger partial charge in [-0.3, -0.25) is 0 Å². The van der Waals surface area contributed by atoms with Crippen molar-refractivity contribution in [3.05, 3.63) is 0 Å². The van der Waals surface area contributed by atoms with Crippen LogP contribution in [-0.4, -0.2) is 17.3 Å². The van der Waals surface area contributed by atoms with E-state index in [1.54, 1.807) is 0 Å². The number of rotatable bonds is 3. The van der Waals surface area contributed by atoms with Gasteiger partial charge in [-0.2, -0.15) is 0 Å². The van der Waals surface area contributed by atoms with Crippen LogP contribution in [0.1, 0.15) is 53.4 Å². The third-order valence-electron chi connectivity index (χ3n) is 4.48. The van der Waals surface area contributed by atoms with Crippen LogP contribution in [-0.2, 0) is 0 Å². The van der Waals surface area contributed by atoms with Crippen molar-refractivity contribution >= 4 is 0 Å². The predicted octanol–water partition coefficient (Wildman–Crippen LogP) is 2.55. The molecule has 0 aromatic rings. The summed E-state index contributed by atoms with van der Waals surface area (Å²) >= 11 is 0. The van der Waals surface area contributed by atoms with E-state index < -0.39 is 5.60 Å². The van der Waals surface area contributed by atoms with E-state index in [9.17, 15) is 5.11 Å². The SMILES string of the molecule is CC(C)C1CCCC(O)(C(C)(C)CN)C1. The van der Waals surface area contributed by atoms with E-state index in [4.69, 9.17) is 5.73 Å². The Hall–Kier alpha value is -0.0800. The van der Waals surface area contributed by atoms with Crippen LogP contribution >= 0.6 is 0 Å². The second kappa shape index (κ2) is 4.42. The Morgan fingerprint density at radius 1 is 1.47 bits per heavy atom. The van der Waals surface area contributed by atoms with Crippen LogP contribution in [0.3, 0.4) is 0 Å². The van der Waals surface area contributed by atoms with Crippen LogP contribution in [0.15, 0.2) is 0 Å². The van der Waals surface area contributed by atoms with Crippen molar-refractivity contribution in [3.8, 4) is 0 Å². The van der Waals surface area contributed by atoms with Crippen molar-refractivity contribution < 1.29 is 5.11 Å². The molecule has 0 bridgehead atoms. The Morgan fingerprint density at radius 2 is 2.07 bits per heavy atom. The Kier molecular flexibility index (Phi) is 3.83. The Morgan fingerprint density at radius 3 is 2.53 bits per heavy atom. The smallest absolute Gasteiger partial charge is 0.0713 e. The molecule has 0 heterocycles. The molecule has 0 spiro atoms. The minimum Gasteiger partial charge on any atom is -0.389 e. The lowest BCUT2D eigenvalue weighted by Crippen LogP contribution is -2.52. The summed E-state index contributed by atoms with van der Waals surface area (Å²) in [6.45, 7) is 9.26. The summed E-state index contributed by atoms with van der Waals surface area (Å²) in [7, 11) is 0. The van der Waals surface area contributed by atoms with Crippen LogP contribution in [0, 0.1) is 17.3 Å². The molecule has 2 heteroatoms. The summed E-state index contributed by atoms with van der Waals surface area (Å²) < 4.78 is 0. The fraction of sp³-hybridized carbons (Fsp3) is 1.00. The zero-order valence-electron chi connectivity index (χ0n) is 10.7. The molecule has 15 heavy (non-hydrogen) atoms. The van der Waals surface area contributed by atoms with Crippen molar-refractivity contribution in [1.29, 1.82) is 0 Å². The van der Waals surface area contributed by atoms with Gasteiger partial charge in [-0.1, -0.05) is 34.1 Å². The molecule has 1 fully saturated rings. The van der Waals surface area contributed by atoms with Gasteiger partial charge in [0.2, 0.25) is 0 Å². The highest BCUT2D eigenvalue weighted by Gasteiger charge is 2.45. The van der Waals surface area contributed by atoms with E-state index in [0.29, 0.717) is 18.4 Å². The second-order valence-electron chi connectivity index (χ2n) is 6.22. The molecule has 0 saturated heterocycles. The molecule has 2 nitrogen and oxygen atoms in total. The van der Waals surface area contributed by atoms with Crippen LogP contribution in [0.25, 0.3) is 0 Å². The molecule has 0 aromatic heterocycles. The van der Waals surface area contributed by atoms with Gasteiger partial charge in [-0.15, -0.1) is 0 Å². The predicted molar refractivity (Wildman–Crippen MR) is 64.6 cm³/mol. The van der Waals surface area contributed by atoms with Gasteiger partial charge in [-0.25, -0.2) is 0 Å². The maximum absolute atomic E-state index is 10.7. The van der Waals surface area contributed by atoms with Crippen molar-refractivity contribution in [2.45, 2.75) is 59.0 Å². The Bertz CT molecular complexity index is 213. The molecule has 0 aliphatic heterocycles. The van der Waals surface area contributed by atoms with Gasteiger partial charge in [0.1, 0.15) is 0 Å². The molecular formula is C13H27NO. The van der Waals surface area contributed by atoms with Crippen molar-refractivity contribution in [1.82, 2.24) is 0 Å². The molecule has 0 amide bonds. The van der Waals surface area contributed by atoms with E-state index in [2.05, 4.69) is 27.7 Å². The summed E-state index contributed by atoms with van der Waals surface area (Å²) in [6, 6.07) is 0. The van der Waals surface area contributed by atoms with Gasteiger partial charge >= 0.3 is 0 Å². The highest BCUT2D eigenvalue weighted by atomic mass is 16.3. The normalized spacial score (nSPS) is 33.4. The van der Waals surface area contributed by atoms with Gasteiger partial charge in [0.25, 0.3) is 0 Å². The molecule has 1 saturated carbocycles. The highest BCUT2D eigenvalue weighted by molar-refractivity contribution is 4.98. The van der Waals surface area contributed by atoms with Gasteiger partial charge in [-0.05, 0) is 31.1 Å². The van der Waals surface area contributed by atoms with Gasteiger partial charge in [0, 0.05) is 12.0 Å². The summed E-state index contributed by atoms with van der Waals surface area (Å²) in [6.07, 6.45) is 4.25. The minimum absolute atomic E-state index is 0.152. The first-order chi connectivity index (χ1) is 6.82. The standard InChI is InChI=1S/C13H27NO/c1-10(2)11-6-5-7-13(15,8-11)12(3,4)9-14/h10-11,15H,5-9,14H2,1-4H3. The van der Waals surface area contributed by atoms with E-state index in [1.807, 2.05) is 0 Å². The average Bonchev–Trinajstić information content (AvgIpc) is 2.17. The van der Waals surface area contributed by atoms with E-state index in [-0.39, 0.29) is 5.41 Å². The summed E-state index contributed by atoms with van der Waals surface area (Å²) in [5.41, 5.74) is 5.08. The molecule has 0 radical (unpaired) electrons. The summed E-state index contributed by atoms with van der Waals surface area (Å²) in [5.74, 6) is 1.33. The minimum atomic E-state index is -0.547. The quantitative estimate of drug-likeness (QED) is 0.757. The second-order valence-corrected chi connectivity index (χ2v) is 6.22. The molecule has 3 N–H and O–H groups in total. The first kappa shape index (κ1) is 13.0. The monoisotopic (exact) mass is 213 g/mol. The van der Waals surface area contributed by atoms with Gasteiger partial charge in [0.15, 0.2) is 0 Å². The molecule has 2 atom stereocenters. The summed E-state index contributed by atoms with van der Waals surface area (Å²) in [4.78, 5) is 0. The lowest BCUT2D eigenvalue weighted by atomic mass is 9.63.